The van der Waals surface area contributed by atoms with Crippen molar-refractivity contribution in [2.45, 2.75) is 19.3 Å². The van der Waals surface area contributed by atoms with Crippen LogP contribution in [0.3, 0.4) is 0 Å². The van der Waals surface area contributed by atoms with E-state index in [0.717, 1.165) is 12.4 Å². The van der Waals surface area contributed by atoms with Gasteiger partial charge in [0.05, 0.1) is 0 Å². The summed E-state index contributed by atoms with van der Waals surface area (Å²) in [6.07, 6.45) is 3.94. The van der Waals surface area contributed by atoms with Gasteiger partial charge in [0.25, 0.3) is 0 Å². The summed E-state index contributed by atoms with van der Waals surface area (Å²) < 4.78 is 0. The molecule has 1 rings (SSSR count). The SMILES string of the molecule is CNCC1(CCCl)CC1. The molecule has 1 saturated carbocycles. The Bertz CT molecular complexity index is 80.9. The van der Waals surface area contributed by atoms with Gasteiger partial charge in [0, 0.05) is 12.4 Å². The molecule has 2 heteroatoms. The van der Waals surface area contributed by atoms with Gasteiger partial charge in [-0.3, -0.25) is 0 Å². The zero-order chi connectivity index (χ0) is 6.74. The molecule has 0 spiro atoms. The number of nitrogens with one attached hydrogen (secondary N) is 1. The zero-order valence-electron chi connectivity index (χ0n) is 5.91. The van der Waals surface area contributed by atoms with Crippen molar-refractivity contribution in [2.24, 2.45) is 5.41 Å². The molecule has 0 saturated heterocycles. The van der Waals surface area contributed by atoms with E-state index in [2.05, 4.69) is 5.32 Å². The van der Waals surface area contributed by atoms with Crippen LogP contribution >= 0.6 is 11.6 Å². The van der Waals surface area contributed by atoms with Crippen LogP contribution in [0.4, 0.5) is 0 Å². The van der Waals surface area contributed by atoms with Gasteiger partial charge in [0.2, 0.25) is 0 Å². The number of hydrogen-bond acceptors (Lipinski definition) is 1. The first-order valence-electron chi connectivity index (χ1n) is 3.54. The molecule has 0 aliphatic heterocycles. The van der Waals surface area contributed by atoms with Gasteiger partial charge in [0.15, 0.2) is 0 Å². The van der Waals surface area contributed by atoms with Crippen molar-refractivity contribution >= 4 is 11.6 Å². The summed E-state index contributed by atoms with van der Waals surface area (Å²) in [4.78, 5) is 0. The van der Waals surface area contributed by atoms with Crippen LogP contribution in [-0.2, 0) is 0 Å². The molecule has 9 heavy (non-hydrogen) atoms. The van der Waals surface area contributed by atoms with Gasteiger partial charge in [-0.25, -0.2) is 0 Å². The first-order valence-corrected chi connectivity index (χ1v) is 4.07. The Morgan fingerprint density at radius 2 is 2.22 bits per heavy atom. The van der Waals surface area contributed by atoms with Crippen LogP contribution in [0, 0.1) is 5.41 Å². The summed E-state index contributed by atoms with van der Waals surface area (Å²) >= 11 is 5.63. The molecule has 0 unspecified atom stereocenters. The van der Waals surface area contributed by atoms with Crippen LogP contribution in [0.15, 0.2) is 0 Å². The van der Waals surface area contributed by atoms with Crippen LogP contribution in [0.25, 0.3) is 0 Å². The van der Waals surface area contributed by atoms with E-state index < -0.39 is 0 Å². The average Bonchev–Trinajstić information content (AvgIpc) is 2.51. The molecule has 54 valence electrons. The van der Waals surface area contributed by atoms with Crippen LogP contribution in [0.1, 0.15) is 19.3 Å². The Morgan fingerprint density at radius 3 is 2.56 bits per heavy atom. The fourth-order valence-electron chi connectivity index (χ4n) is 1.27. The molecule has 1 nitrogen and oxygen atoms in total. The Hall–Kier alpha value is 0.250. The van der Waals surface area contributed by atoms with E-state index in [4.69, 9.17) is 11.6 Å². The Balaban J connectivity index is 2.17. The number of rotatable bonds is 4. The van der Waals surface area contributed by atoms with Gasteiger partial charge in [-0.2, -0.15) is 0 Å². The highest BCUT2D eigenvalue weighted by Crippen LogP contribution is 2.48. The van der Waals surface area contributed by atoms with Gasteiger partial charge >= 0.3 is 0 Å². The fourth-order valence-corrected chi connectivity index (χ4v) is 1.67. The monoisotopic (exact) mass is 147 g/mol. The molecule has 1 fully saturated rings. The average molecular weight is 148 g/mol. The summed E-state index contributed by atoms with van der Waals surface area (Å²) in [6, 6.07) is 0. The van der Waals surface area contributed by atoms with E-state index in [9.17, 15) is 0 Å². The van der Waals surface area contributed by atoms with Crippen LogP contribution < -0.4 is 5.32 Å². The summed E-state index contributed by atoms with van der Waals surface area (Å²) in [7, 11) is 2.01. The van der Waals surface area contributed by atoms with E-state index in [1.165, 1.54) is 19.3 Å². The minimum absolute atomic E-state index is 0.608. The summed E-state index contributed by atoms with van der Waals surface area (Å²) in [6.45, 7) is 1.15. The third-order valence-corrected chi connectivity index (χ3v) is 2.32. The summed E-state index contributed by atoms with van der Waals surface area (Å²) in [5.41, 5.74) is 0.608. The molecule has 1 aliphatic rings. The molecule has 0 heterocycles. The number of hydrogen-bond donors (Lipinski definition) is 1. The molecule has 0 amide bonds. The Morgan fingerprint density at radius 1 is 1.56 bits per heavy atom. The molecular formula is C7H14ClN. The largest absolute Gasteiger partial charge is 0.319 e. The smallest absolute Gasteiger partial charge is 0.0229 e. The van der Waals surface area contributed by atoms with E-state index in [0.29, 0.717) is 5.41 Å². The van der Waals surface area contributed by atoms with E-state index in [1.54, 1.807) is 0 Å². The Kier molecular flexibility index (Phi) is 2.36. The minimum atomic E-state index is 0.608. The van der Waals surface area contributed by atoms with Gasteiger partial charge in [0.1, 0.15) is 0 Å². The quantitative estimate of drug-likeness (QED) is 0.596. The van der Waals surface area contributed by atoms with E-state index >= 15 is 0 Å². The first-order chi connectivity index (χ1) is 4.33. The lowest BCUT2D eigenvalue weighted by molar-refractivity contribution is 0.467. The highest BCUT2D eigenvalue weighted by Gasteiger charge is 2.40. The molecule has 0 bridgehead atoms. The molecular weight excluding hydrogens is 134 g/mol. The third kappa shape index (κ3) is 1.84. The normalized spacial score (nSPS) is 22.0. The lowest BCUT2D eigenvalue weighted by Crippen LogP contribution is -2.20. The minimum Gasteiger partial charge on any atom is -0.319 e. The standard InChI is InChI=1S/C7H14ClN/c1-9-6-7(2-3-7)4-5-8/h9H,2-6H2,1H3. The summed E-state index contributed by atoms with van der Waals surface area (Å²) in [5, 5.41) is 3.20. The van der Waals surface area contributed by atoms with Gasteiger partial charge < -0.3 is 5.32 Å². The lowest BCUT2D eigenvalue weighted by atomic mass is 10.0. The second-order valence-corrected chi connectivity index (χ2v) is 3.35. The zero-order valence-corrected chi connectivity index (χ0v) is 6.67. The van der Waals surface area contributed by atoms with Crippen LogP contribution in [0.2, 0.25) is 0 Å². The van der Waals surface area contributed by atoms with Crippen molar-refractivity contribution in [3.05, 3.63) is 0 Å². The lowest BCUT2D eigenvalue weighted by Gasteiger charge is -2.10. The Labute approximate surface area is 61.8 Å². The fraction of sp³-hybridized carbons (Fsp3) is 1.00. The predicted octanol–water partition coefficient (Wildman–Crippen LogP) is 1.61. The maximum Gasteiger partial charge on any atom is 0.0229 e. The molecule has 1 N–H and O–H groups in total. The number of alkyl halides is 1. The van der Waals surface area contributed by atoms with Crippen molar-refractivity contribution in [1.82, 2.24) is 5.32 Å². The van der Waals surface area contributed by atoms with Crippen molar-refractivity contribution < 1.29 is 0 Å². The second kappa shape index (κ2) is 2.89. The van der Waals surface area contributed by atoms with Crippen molar-refractivity contribution in [2.75, 3.05) is 19.5 Å². The highest BCUT2D eigenvalue weighted by molar-refractivity contribution is 6.17. The summed E-state index contributed by atoms with van der Waals surface area (Å²) in [5.74, 6) is 0.821. The van der Waals surface area contributed by atoms with Gasteiger partial charge in [-0.1, -0.05) is 0 Å². The van der Waals surface area contributed by atoms with E-state index in [1.807, 2.05) is 7.05 Å². The predicted molar refractivity (Wildman–Crippen MR) is 40.9 cm³/mol. The van der Waals surface area contributed by atoms with Gasteiger partial charge in [-0.05, 0) is 31.7 Å². The third-order valence-electron chi connectivity index (χ3n) is 2.13. The van der Waals surface area contributed by atoms with Crippen molar-refractivity contribution in [3.63, 3.8) is 0 Å². The number of halogens is 1. The maximum absolute atomic E-state index is 5.63. The second-order valence-electron chi connectivity index (χ2n) is 2.97. The molecule has 1 aliphatic carbocycles. The molecule has 0 radical (unpaired) electrons. The maximum atomic E-state index is 5.63. The topological polar surface area (TPSA) is 12.0 Å². The van der Waals surface area contributed by atoms with Gasteiger partial charge in [-0.15, -0.1) is 11.6 Å². The molecule has 0 aromatic heterocycles. The van der Waals surface area contributed by atoms with Crippen LogP contribution in [0.5, 0.6) is 0 Å². The van der Waals surface area contributed by atoms with Crippen LogP contribution in [-0.4, -0.2) is 19.5 Å². The van der Waals surface area contributed by atoms with Crippen molar-refractivity contribution in [3.8, 4) is 0 Å². The molecule has 0 aromatic carbocycles. The van der Waals surface area contributed by atoms with E-state index in [-0.39, 0.29) is 0 Å². The molecule has 0 aromatic rings. The first kappa shape index (κ1) is 7.36. The molecule has 0 atom stereocenters. The van der Waals surface area contributed by atoms with Crippen molar-refractivity contribution in [1.29, 1.82) is 0 Å². The highest BCUT2D eigenvalue weighted by atomic mass is 35.5.